The molecule has 1 amide bonds. The van der Waals surface area contributed by atoms with Gasteiger partial charge in [-0.2, -0.15) is 0 Å². The standard InChI is InChI=1S/C19H21N3O/c1-12-7-5-6-8-16(12)21-19(23)11-22-15(4)20-17-9-13(2)14(3)10-18(17)22/h5-10H,11H2,1-4H3,(H,21,23). The number of aryl methyl sites for hydroxylation is 4. The molecular weight excluding hydrogens is 286 g/mol. The van der Waals surface area contributed by atoms with Crippen molar-refractivity contribution in [3.63, 3.8) is 0 Å². The van der Waals surface area contributed by atoms with Gasteiger partial charge in [-0.1, -0.05) is 18.2 Å². The van der Waals surface area contributed by atoms with Gasteiger partial charge in [0.25, 0.3) is 0 Å². The van der Waals surface area contributed by atoms with Gasteiger partial charge in [0.05, 0.1) is 11.0 Å². The molecule has 0 spiro atoms. The highest BCUT2D eigenvalue weighted by Crippen LogP contribution is 2.21. The van der Waals surface area contributed by atoms with E-state index in [1.54, 1.807) is 0 Å². The molecule has 0 radical (unpaired) electrons. The van der Waals surface area contributed by atoms with Crippen LogP contribution >= 0.6 is 0 Å². The largest absolute Gasteiger partial charge is 0.324 e. The van der Waals surface area contributed by atoms with E-state index in [0.717, 1.165) is 28.1 Å². The van der Waals surface area contributed by atoms with Gasteiger partial charge in [0.1, 0.15) is 12.4 Å². The fourth-order valence-electron chi connectivity index (χ4n) is 2.75. The van der Waals surface area contributed by atoms with Crippen molar-refractivity contribution in [2.45, 2.75) is 34.2 Å². The molecule has 2 aromatic carbocycles. The van der Waals surface area contributed by atoms with E-state index in [1.165, 1.54) is 11.1 Å². The molecule has 0 aliphatic carbocycles. The number of benzene rings is 2. The lowest BCUT2D eigenvalue weighted by Crippen LogP contribution is -2.20. The molecule has 4 nitrogen and oxygen atoms in total. The van der Waals surface area contributed by atoms with Crippen LogP contribution in [0.4, 0.5) is 5.69 Å². The number of amides is 1. The number of hydrogen-bond acceptors (Lipinski definition) is 2. The van der Waals surface area contributed by atoms with Crippen LogP contribution in [0.25, 0.3) is 11.0 Å². The molecule has 0 saturated carbocycles. The van der Waals surface area contributed by atoms with E-state index in [2.05, 4.69) is 36.3 Å². The van der Waals surface area contributed by atoms with Gasteiger partial charge in [0.15, 0.2) is 0 Å². The van der Waals surface area contributed by atoms with Crippen LogP contribution in [0.5, 0.6) is 0 Å². The predicted octanol–water partition coefficient (Wildman–Crippen LogP) is 3.91. The molecule has 0 aliphatic heterocycles. The van der Waals surface area contributed by atoms with Crippen molar-refractivity contribution in [2.24, 2.45) is 0 Å². The minimum absolute atomic E-state index is 0.0417. The van der Waals surface area contributed by atoms with Gasteiger partial charge in [-0.25, -0.2) is 4.98 Å². The number of nitrogens with zero attached hydrogens (tertiary/aromatic N) is 2. The topological polar surface area (TPSA) is 46.9 Å². The number of aromatic nitrogens is 2. The Hall–Kier alpha value is -2.62. The summed E-state index contributed by atoms with van der Waals surface area (Å²) in [5, 5.41) is 2.98. The Kier molecular flexibility index (Phi) is 3.90. The lowest BCUT2D eigenvalue weighted by atomic mass is 10.1. The number of hydrogen-bond donors (Lipinski definition) is 1. The summed E-state index contributed by atoms with van der Waals surface area (Å²) in [4.78, 5) is 17.0. The van der Waals surface area contributed by atoms with E-state index in [4.69, 9.17) is 0 Å². The zero-order chi connectivity index (χ0) is 16.6. The Morgan fingerprint density at radius 3 is 2.48 bits per heavy atom. The first-order valence-corrected chi connectivity index (χ1v) is 7.75. The first-order valence-electron chi connectivity index (χ1n) is 7.75. The molecule has 3 rings (SSSR count). The summed E-state index contributed by atoms with van der Waals surface area (Å²) in [5.41, 5.74) is 6.27. The predicted molar refractivity (Wildman–Crippen MR) is 93.8 cm³/mol. The minimum atomic E-state index is -0.0417. The Labute approximate surface area is 136 Å². The van der Waals surface area contributed by atoms with Crippen molar-refractivity contribution < 1.29 is 4.79 Å². The first-order chi connectivity index (χ1) is 11.0. The molecule has 0 unspecified atom stereocenters. The second-order valence-corrected chi connectivity index (χ2v) is 6.03. The third-order valence-corrected chi connectivity index (χ3v) is 4.28. The molecule has 3 aromatic rings. The quantitative estimate of drug-likeness (QED) is 0.797. The van der Waals surface area contributed by atoms with Gasteiger partial charge < -0.3 is 9.88 Å². The Morgan fingerprint density at radius 2 is 1.74 bits per heavy atom. The number of carbonyl (C=O) groups is 1. The van der Waals surface area contributed by atoms with Gasteiger partial charge in [0, 0.05) is 5.69 Å². The highest BCUT2D eigenvalue weighted by Gasteiger charge is 2.13. The van der Waals surface area contributed by atoms with Crippen LogP contribution in [-0.4, -0.2) is 15.5 Å². The van der Waals surface area contributed by atoms with Crippen LogP contribution in [0.3, 0.4) is 0 Å². The number of carbonyl (C=O) groups excluding carboxylic acids is 1. The smallest absolute Gasteiger partial charge is 0.244 e. The van der Waals surface area contributed by atoms with E-state index >= 15 is 0 Å². The van der Waals surface area contributed by atoms with Gasteiger partial charge in [-0.15, -0.1) is 0 Å². The molecule has 0 aliphatic rings. The molecule has 1 N–H and O–H groups in total. The Bertz CT molecular complexity index is 893. The summed E-state index contributed by atoms with van der Waals surface area (Å²) < 4.78 is 1.97. The van der Waals surface area contributed by atoms with Gasteiger partial charge in [0.2, 0.25) is 5.91 Å². The Morgan fingerprint density at radius 1 is 1.04 bits per heavy atom. The van der Waals surface area contributed by atoms with Crippen LogP contribution in [0.1, 0.15) is 22.5 Å². The monoisotopic (exact) mass is 307 g/mol. The van der Waals surface area contributed by atoms with Crippen molar-refractivity contribution in [3.05, 3.63) is 58.9 Å². The van der Waals surface area contributed by atoms with Crippen molar-refractivity contribution in [1.29, 1.82) is 0 Å². The molecule has 118 valence electrons. The minimum Gasteiger partial charge on any atom is -0.324 e. The SMILES string of the molecule is Cc1cc2nc(C)n(CC(=O)Nc3ccccc3C)c2cc1C. The summed E-state index contributed by atoms with van der Waals surface area (Å²) in [6, 6.07) is 12.0. The third-order valence-electron chi connectivity index (χ3n) is 4.28. The number of nitrogens with one attached hydrogen (secondary N) is 1. The average molecular weight is 307 g/mol. The average Bonchev–Trinajstić information content (AvgIpc) is 2.78. The van der Waals surface area contributed by atoms with Gasteiger partial charge >= 0.3 is 0 Å². The van der Waals surface area contributed by atoms with E-state index in [9.17, 15) is 4.79 Å². The highest BCUT2D eigenvalue weighted by atomic mass is 16.1. The number of para-hydroxylation sites is 1. The van der Waals surface area contributed by atoms with Crippen molar-refractivity contribution in [3.8, 4) is 0 Å². The van der Waals surface area contributed by atoms with Gasteiger partial charge in [-0.05, 0) is 62.6 Å². The van der Waals surface area contributed by atoms with Crippen molar-refractivity contribution >= 4 is 22.6 Å². The maximum Gasteiger partial charge on any atom is 0.244 e. The molecule has 1 heterocycles. The molecule has 0 saturated heterocycles. The second-order valence-electron chi connectivity index (χ2n) is 6.03. The van der Waals surface area contributed by atoms with Crippen LogP contribution in [0.15, 0.2) is 36.4 Å². The maximum atomic E-state index is 12.4. The molecule has 23 heavy (non-hydrogen) atoms. The van der Waals surface area contributed by atoms with Gasteiger partial charge in [-0.3, -0.25) is 4.79 Å². The lowest BCUT2D eigenvalue weighted by molar-refractivity contribution is -0.116. The maximum absolute atomic E-state index is 12.4. The lowest BCUT2D eigenvalue weighted by Gasteiger charge is -2.10. The van der Waals surface area contributed by atoms with E-state index in [0.29, 0.717) is 0 Å². The molecule has 4 heteroatoms. The first kappa shape index (κ1) is 15.3. The zero-order valence-electron chi connectivity index (χ0n) is 14.0. The molecule has 0 fully saturated rings. The molecule has 1 aromatic heterocycles. The van der Waals surface area contributed by atoms with Crippen molar-refractivity contribution in [1.82, 2.24) is 9.55 Å². The van der Waals surface area contributed by atoms with Crippen LogP contribution in [0, 0.1) is 27.7 Å². The van der Waals surface area contributed by atoms with Crippen LogP contribution in [0.2, 0.25) is 0 Å². The summed E-state index contributed by atoms with van der Waals surface area (Å²) in [7, 11) is 0. The summed E-state index contributed by atoms with van der Waals surface area (Å²) >= 11 is 0. The second kappa shape index (κ2) is 5.88. The number of rotatable bonds is 3. The third kappa shape index (κ3) is 2.97. The number of fused-ring (bicyclic) bond motifs is 1. The fourth-order valence-corrected chi connectivity index (χ4v) is 2.75. The van der Waals surface area contributed by atoms with E-state index in [-0.39, 0.29) is 12.5 Å². The molecule has 0 atom stereocenters. The summed E-state index contributed by atoms with van der Waals surface area (Å²) in [6.45, 7) is 8.34. The normalized spacial score (nSPS) is 11.0. The Balaban J connectivity index is 1.89. The number of anilines is 1. The highest BCUT2D eigenvalue weighted by molar-refractivity contribution is 5.92. The van der Waals surface area contributed by atoms with Crippen molar-refractivity contribution in [2.75, 3.05) is 5.32 Å². The van der Waals surface area contributed by atoms with Crippen LogP contribution in [-0.2, 0) is 11.3 Å². The summed E-state index contributed by atoms with van der Waals surface area (Å²) in [6.07, 6.45) is 0. The van der Waals surface area contributed by atoms with E-state index < -0.39 is 0 Å². The fraction of sp³-hybridized carbons (Fsp3) is 0.263. The summed E-state index contributed by atoms with van der Waals surface area (Å²) in [5.74, 6) is 0.810. The molecule has 0 bridgehead atoms. The number of imidazole rings is 1. The van der Waals surface area contributed by atoms with Crippen LogP contribution < -0.4 is 5.32 Å². The van der Waals surface area contributed by atoms with E-state index in [1.807, 2.05) is 42.7 Å². The molecular formula is C19H21N3O. The zero-order valence-corrected chi connectivity index (χ0v) is 14.0.